The molecule has 6 heteroatoms. The van der Waals surface area contributed by atoms with Crippen LogP contribution in [-0.4, -0.2) is 9.97 Å². The Labute approximate surface area is 117 Å². The molecular weight excluding hydrogens is 287 g/mol. The molecule has 0 spiro atoms. The summed E-state index contributed by atoms with van der Waals surface area (Å²) in [6, 6.07) is 6.49. The van der Waals surface area contributed by atoms with Crippen LogP contribution in [0.3, 0.4) is 0 Å². The molecule has 0 N–H and O–H groups in total. The van der Waals surface area contributed by atoms with Gasteiger partial charge in [-0.2, -0.15) is 4.98 Å². The molecule has 0 aliphatic heterocycles. The van der Waals surface area contributed by atoms with Crippen LogP contribution in [0.5, 0.6) is 11.6 Å². The van der Waals surface area contributed by atoms with Crippen LogP contribution >= 0.6 is 22.9 Å². The number of ether oxygens (including phenoxy) is 1. The number of hydrogen-bond acceptors (Lipinski definition) is 4. The molecule has 2 aromatic heterocycles. The van der Waals surface area contributed by atoms with Crippen LogP contribution in [0.15, 0.2) is 29.6 Å². The van der Waals surface area contributed by atoms with Gasteiger partial charge in [0.05, 0.1) is 5.52 Å². The van der Waals surface area contributed by atoms with Gasteiger partial charge in [-0.15, -0.1) is 11.3 Å². The molecule has 0 saturated heterocycles. The highest BCUT2D eigenvalue weighted by Gasteiger charge is 2.11. The predicted octanol–water partition coefficient (Wildman–Crippen LogP) is 4.58. The third-order valence-electron chi connectivity index (χ3n) is 2.60. The van der Waals surface area contributed by atoms with Crippen molar-refractivity contribution in [1.29, 1.82) is 0 Å². The summed E-state index contributed by atoms with van der Waals surface area (Å²) in [7, 11) is 0. The molecule has 3 nitrogen and oxygen atoms in total. The first-order valence-electron chi connectivity index (χ1n) is 5.48. The van der Waals surface area contributed by atoms with Gasteiger partial charge in [0.1, 0.15) is 16.3 Å². The van der Waals surface area contributed by atoms with Crippen LogP contribution in [0.1, 0.15) is 5.56 Å². The first kappa shape index (κ1) is 12.3. The van der Waals surface area contributed by atoms with Crippen LogP contribution < -0.4 is 4.74 Å². The number of rotatable bonds is 2. The molecule has 0 atom stereocenters. The molecule has 0 amide bonds. The standard InChI is InChI=1S/C13H8ClFN2OS/c1-7-2-3-8(6-9(7)15)18-12-11-10(4-5-19-11)16-13(14)17-12/h2-6H,1H3. The van der Waals surface area contributed by atoms with E-state index in [2.05, 4.69) is 9.97 Å². The number of hydrogen-bond donors (Lipinski definition) is 0. The Morgan fingerprint density at radius 3 is 2.89 bits per heavy atom. The van der Waals surface area contributed by atoms with Gasteiger partial charge < -0.3 is 4.74 Å². The van der Waals surface area contributed by atoms with Crippen molar-refractivity contribution in [2.75, 3.05) is 0 Å². The summed E-state index contributed by atoms with van der Waals surface area (Å²) >= 11 is 7.28. The molecule has 0 fully saturated rings. The minimum atomic E-state index is -0.319. The van der Waals surface area contributed by atoms with Crippen LogP contribution in [-0.2, 0) is 0 Å². The van der Waals surface area contributed by atoms with E-state index >= 15 is 0 Å². The molecular formula is C13H8ClFN2OS. The molecule has 3 aromatic rings. The van der Waals surface area contributed by atoms with Crippen molar-refractivity contribution in [2.24, 2.45) is 0 Å². The average Bonchev–Trinajstić information content (AvgIpc) is 2.82. The molecule has 0 unspecified atom stereocenters. The van der Waals surface area contributed by atoms with E-state index in [0.29, 0.717) is 22.7 Å². The van der Waals surface area contributed by atoms with Crippen molar-refractivity contribution in [3.05, 3.63) is 46.3 Å². The summed E-state index contributed by atoms with van der Waals surface area (Å²) in [5, 5.41) is 1.98. The van der Waals surface area contributed by atoms with Gasteiger partial charge in [0.25, 0.3) is 0 Å². The minimum absolute atomic E-state index is 0.105. The first-order chi connectivity index (χ1) is 9.13. The highest BCUT2D eigenvalue weighted by atomic mass is 35.5. The molecule has 96 valence electrons. The highest BCUT2D eigenvalue weighted by Crippen LogP contribution is 2.32. The molecule has 0 aliphatic rings. The lowest BCUT2D eigenvalue weighted by atomic mass is 10.2. The SMILES string of the molecule is Cc1ccc(Oc2nc(Cl)nc3ccsc23)cc1F. The molecule has 0 bridgehead atoms. The van der Waals surface area contributed by atoms with Gasteiger partial charge in [0.2, 0.25) is 11.2 Å². The van der Waals surface area contributed by atoms with E-state index in [4.69, 9.17) is 16.3 Å². The number of fused-ring (bicyclic) bond motifs is 1. The van der Waals surface area contributed by atoms with Crippen molar-refractivity contribution >= 4 is 33.2 Å². The van der Waals surface area contributed by atoms with Crippen molar-refractivity contribution < 1.29 is 9.13 Å². The zero-order valence-corrected chi connectivity index (χ0v) is 11.4. The maximum Gasteiger partial charge on any atom is 0.241 e. The molecule has 3 rings (SSSR count). The van der Waals surface area contributed by atoms with E-state index in [-0.39, 0.29) is 11.1 Å². The van der Waals surface area contributed by atoms with Crippen LogP contribution in [0.2, 0.25) is 5.28 Å². The Morgan fingerprint density at radius 1 is 1.26 bits per heavy atom. The zero-order chi connectivity index (χ0) is 13.4. The normalized spacial score (nSPS) is 10.9. The van der Waals surface area contributed by atoms with E-state index in [9.17, 15) is 4.39 Å². The third-order valence-corrected chi connectivity index (χ3v) is 3.66. The molecule has 0 aliphatic carbocycles. The van der Waals surface area contributed by atoms with Gasteiger partial charge in [-0.3, -0.25) is 0 Å². The lowest BCUT2D eigenvalue weighted by Crippen LogP contribution is -1.92. The average molecular weight is 295 g/mol. The Morgan fingerprint density at radius 2 is 2.11 bits per heavy atom. The molecule has 0 radical (unpaired) electrons. The zero-order valence-electron chi connectivity index (χ0n) is 9.85. The minimum Gasteiger partial charge on any atom is -0.437 e. The number of aryl methyl sites for hydroxylation is 1. The highest BCUT2D eigenvalue weighted by molar-refractivity contribution is 7.17. The van der Waals surface area contributed by atoms with E-state index in [1.54, 1.807) is 19.1 Å². The van der Waals surface area contributed by atoms with Crippen LogP contribution in [0, 0.1) is 12.7 Å². The molecule has 2 heterocycles. The largest absolute Gasteiger partial charge is 0.437 e. The Kier molecular flexibility index (Phi) is 3.08. The smallest absolute Gasteiger partial charge is 0.241 e. The summed E-state index contributed by atoms with van der Waals surface area (Å²) in [5.74, 6) is 0.404. The van der Waals surface area contributed by atoms with Crippen molar-refractivity contribution in [3.8, 4) is 11.6 Å². The Bertz CT molecular complexity index is 759. The van der Waals surface area contributed by atoms with Crippen molar-refractivity contribution in [1.82, 2.24) is 9.97 Å². The second-order valence-electron chi connectivity index (χ2n) is 3.95. The maximum atomic E-state index is 13.5. The summed E-state index contributed by atoms with van der Waals surface area (Å²) in [6.45, 7) is 1.69. The van der Waals surface area contributed by atoms with Gasteiger partial charge in [0, 0.05) is 6.07 Å². The van der Waals surface area contributed by atoms with Gasteiger partial charge in [-0.05, 0) is 41.6 Å². The van der Waals surface area contributed by atoms with Gasteiger partial charge in [0.15, 0.2) is 0 Å². The topological polar surface area (TPSA) is 35.0 Å². The predicted molar refractivity (Wildman–Crippen MR) is 73.6 cm³/mol. The van der Waals surface area contributed by atoms with E-state index < -0.39 is 0 Å². The van der Waals surface area contributed by atoms with E-state index in [1.807, 2.05) is 11.4 Å². The van der Waals surface area contributed by atoms with Gasteiger partial charge in [-0.25, -0.2) is 9.37 Å². The lowest BCUT2D eigenvalue weighted by molar-refractivity contribution is 0.463. The summed E-state index contributed by atoms with van der Waals surface area (Å²) in [5.41, 5.74) is 1.28. The number of halogens is 2. The Balaban J connectivity index is 2.04. The van der Waals surface area contributed by atoms with Crippen LogP contribution in [0.4, 0.5) is 4.39 Å². The Hall–Kier alpha value is -1.72. The number of thiophene rings is 1. The van der Waals surface area contributed by atoms with E-state index in [1.165, 1.54) is 17.4 Å². The second-order valence-corrected chi connectivity index (χ2v) is 5.20. The number of aromatic nitrogens is 2. The lowest BCUT2D eigenvalue weighted by Gasteiger charge is -2.06. The summed E-state index contributed by atoms with van der Waals surface area (Å²) in [4.78, 5) is 8.12. The molecule has 1 aromatic carbocycles. The fourth-order valence-electron chi connectivity index (χ4n) is 1.63. The summed E-state index contributed by atoms with van der Waals surface area (Å²) < 4.78 is 19.9. The van der Waals surface area contributed by atoms with Crippen LogP contribution in [0.25, 0.3) is 10.2 Å². The molecule has 0 saturated carbocycles. The third kappa shape index (κ3) is 2.39. The van der Waals surface area contributed by atoms with E-state index in [0.717, 1.165) is 4.70 Å². The summed E-state index contributed by atoms with van der Waals surface area (Å²) in [6.07, 6.45) is 0. The van der Waals surface area contributed by atoms with Crippen molar-refractivity contribution in [3.63, 3.8) is 0 Å². The first-order valence-corrected chi connectivity index (χ1v) is 6.74. The fraction of sp³-hybridized carbons (Fsp3) is 0.0769. The fourth-order valence-corrected chi connectivity index (χ4v) is 2.55. The van der Waals surface area contributed by atoms with Gasteiger partial charge >= 0.3 is 0 Å². The maximum absolute atomic E-state index is 13.5. The van der Waals surface area contributed by atoms with Crippen molar-refractivity contribution in [2.45, 2.75) is 6.92 Å². The second kappa shape index (κ2) is 4.75. The quantitative estimate of drug-likeness (QED) is 0.649. The number of nitrogens with zero attached hydrogens (tertiary/aromatic N) is 2. The van der Waals surface area contributed by atoms with Gasteiger partial charge in [-0.1, -0.05) is 6.07 Å². The monoisotopic (exact) mass is 294 g/mol. The molecule has 19 heavy (non-hydrogen) atoms. The number of benzene rings is 1.